The van der Waals surface area contributed by atoms with E-state index < -0.39 is 12.0 Å². The highest BCUT2D eigenvalue weighted by atomic mass is 32.1. The molecule has 4 aromatic rings. The minimum Gasteiger partial charge on any atom is -0.459 e. The number of carbonyl (C=O) groups excluding carboxylic acids is 1. The molecule has 0 aliphatic rings. The van der Waals surface area contributed by atoms with E-state index in [0.717, 1.165) is 22.3 Å². The van der Waals surface area contributed by atoms with Gasteiger partial charge in [0.05, 0.1) is 11.7 Å². The Morgan fingerprint density at radius 1 is 1.13 bits per heavy atom. The van der Waals surface area contributed by atoms with E-state index in [-0.39, 0.29) is 12.2 Å². The first-order valence-corrected chi connectivity index (χ1v) is 10.6. The number of rotatable bonds is 5. The summed E-state index contributed by atoms with van der Waals surface area (Å²) in [6.45, 7) is 5.93. The summed E-state index contributed by atoms with van der Waals surface area (Å²) in [4.78, 5) is 30.9. The van der Waals surface area contributed by atoms with Gasteiger partial charge in [-0.05, 0) is 43.0 Å². The number of aryl methyl sites for hydroxylation is 2. The Bertz CT molecular complexity index is 1270. The van der Waals surface area contributed by atoms with E-state index in [9.17, 15) is 9.59 Å². The van der Waals surface area contributed by atoms with Gasteiger partial charge in [-0.1, -0.05) is 48.5 Å². The smallest absolute Gasteiger partial charge is 0.329 e. The number of esters is 1. The van der Waals surface area contributed by atoms with Gasteiger partial charge in [-0.2, -0.15) is 0 Å². The summed E-state index contributed by atoms with van der Waals surface area (Å²) >= 11 is 1.43. The van der Waals surface area contributed by atoms with Crippen LogP contribution in [0.1, 0.15) is 29.7 Å². The summed E-state index contributed by atoms with van der Waals surface area (Å²) in [5.41, 5.74) is 4.83. The van der Waals surface area contributed by atoms with E-state index in [1.807, 2.05) is 47.8 Å². The molecule has 0 spiro atoms. The van der Waals surface area contributed by atoms with E-state index in [2.05, 4.69) is 24.9 Å². The van der Waals surface area contributed by atoms with E-state index in [1.165, 1.54) is 27.8 Å². The minimum absolute atomic E-state index is 0.167. The lowest BCUT2D eigenvalue weighted by atomic mass is 10.0. The quantitative estimate of drug-likeness (QED) is 0.426. The normalized spacial score (nSPS) is 12.1. The Hall–Kier alpha value is -3.25. The topological polar surface area (TPSA) is 61.2 Å². The van der Waals surface area contributed by atoms with Crippen LogP contribution in [-0.4, -0.2) is 15.5 Å². The van der Waals surface area contributed by atoms with Crippen LogP contribution in [0.4, 0.5) is 0 Å². The van der Waals surface area contributed by atoms with Crippen LogP contribution < -0.4 is 5.56 Å². The van der Waals surface area contributed by atoms with Gasteiger partial charge in [0.25, 0.3) is 5.56 Å². The molecular weight excluding hydrogens is 396 g/mol. The van der Waals surface area contributed by atoms with E-state index in [4.69, 9.17) is 4.74 Å². The second-order valence-corrected chi connectivity index (χ2v) is 8.21. The predicted octanol–water partition coefficient (Wildman–Crippen LogP) is 5.05. The highest BCUT2D eigenvalue weighted by molar-refractivity contribution is 7.17. The molecule has 0 saturated carbocycles. The standard InChI is InChI=1S/C24H22N2O3S/c1-15-9-10-19(11-16(15)2)20-13-30-22-21(20)23(27)26(14-25-22)17(3)24(28)29-12-18-7-5-4-6-8-18/h4-11,13-14,17H,12H2,1-3H3/t17-/m1/s1. The molecule has 0 fully saturated rings. The molecule has 152 valence electrons. The third kappa shape index (κ3) is 3.78. The van der Waals surface area contributed by atoms with Gasteiger partial charge in [-0.3, -0.25) is 9.36 Å². The zero-order chi connectivity index (χ0) is 21.3. The molecule has 0 bridgehead atoms. The number of hydrogen-bond donors (Lipinski definition) is 0. The van der Waals surface area contributed by atoms with Crippen molar-refractivity contribution in [3.63, 3.8) is 0 Å². The van der Waals surface area contributed by atoms with E-state index >= 15 is 0 Å². The van der Waals surface area contributed by atoms with Gasteiger partial charge in [0, 0.05) is 10.9 Å². The van der Waals surface area contributed by atoms with E-state index in [1.54, 1.807) is 6.92 Å². The number of hydrogen-bond acceptors (Lipinski definition) is 5. The Balaban J connectivity index is 1.66. The zero-order valence-corrected chi connectivity index (χ0v) is 17.9. The van der Waals surface area contributed by atoms with Crippen molar-refractivity contribution < 1.29 is 9.53 Å². The van der Waals surface area contributed by atoms with Crippen LogP contribution in [0.15, 0.2) is 65.0 Å². The summed E-state index contributed by atoms with van der Waals surface area (Å²) in [5.74, 6) is -0.468. The van der Waals surface area contributed by atoms with Crippen LogP contribution in [0.25, 0.3) is 21.3 Å². The van der Waals surface area contributed by atoms with Crippen LogP contribution >= 0.6 is 11.3 Å². The predicted molar refractivity (Wildman–Crippen MR) is 120 cm³/mol. The number of ether oxygens (including phenoxy) is 1. The Morgan fingerprint density at radius 3 is 2.63 bits per heavy atom. The number of aromatic nitrogens is 2. The average molecular weight is 419 g/mol. The minimum atomic E-state index is -0.773. The molecular formula is C24H22N2O3S. The number of benzene rings is 2. The van der Waals surface area contributed by atoms with Crippen LogP contribution in [0, 0.1) is 13.8 Å². The maximum absolute atomic E-state index is 13.3. The van der Waals surface area contributed by atoms with Crippen molar-refractivity contribution in [3.8, 4) is 11.1 Å². The molecule has 2 aromatic carbocycles. The number of nitrogens with zero attached hydrogens (tertiary/aromatic N) is 2. The third-order valence-electron chi connectivity index (χ3n) is 5.32. The largest absolute Gasteiger partial charge is 0.459 e. The lowest BCUT2D eigenvalue weighted by Crippen LogP contribution is -2.29. The van der Waals surface area contributed by atoms with Crippen molar-refractivity contribution in [1.29, 1.82) is 0 Å². The molecule has 0 N–H and O–H groups in total. The maximum Gasteiger partial charge on any atom is 0.329 e. The van der Waals surface area contributed by atoms with E-state index in [0.29, 0.717) is 10.2 Å². The number of fused-ring (bicyclic) bond motifs is 1. The monoisotopic (exact) mass is 418 g/mol. The van der Waals surface area contributed by atoms with Crippen molar-refractivity contribution in [2.45, 2.75) is 33.4 Å². The SMILES string of the molecule is Cc1ccc(-c2csc3ncn([C@H](C)C(=O)OCc4ccccc4)c(=O)c23)cc1C. The Kier molecular flexibility index (Phi) is 5.50. The van der Waals surface area contributed by atoms with Crippen molar-refractivity contribution in [3.05, 3.63) is 87.3 Å². The lowest BCUT2D eigenvalue weighted by Gasteiger charge is -2.14. The summed E-state index contributed by atoms with van der Waals surface area (Å²) in [6.07, 6.45) is 1.43. The maximum atomic E-state index is 13.3. The first-order chi connectivity index (χ1) is 14.5. The van der Waals surface area contributed by atoms with Crippen molar-refractivity contribution in [2.75, 3.05) is 0 Å². The molecule has 2 aromatic heterocycles. The van der Waals surface area contributed by atoms with Gasteiger partial charge in [0.15, 0.2) is 0 Å². The van der Waals surface area contributed by atoms with Gasteiger partial charge < -0.3 is 4.74 Å². The molecule has 30 heavy (non-hydrogen) atoms. The molecule has 0 radical (unpaired) electrons. The molecule has 0 saturated heterocycles. The highest BCUT2D eigenvalue weighted by Crippen LogP contribution is 2.32. The molecule has 0 amide bonds. The molecule has 4 rings (SSSR count). The van der Waals surface area contributed by atoms with Crippen molar-refractivity contribution in [2.24, 2.45) is 0 Å². The van der Waals surface area contributed by atoms with Crippen molar-refractivity contribution in [1.82, 2.24) is 9.55 Å². The fourth-order valence-corrected chi connectivity index (χ4v) is 4.21. The molecule has 0 unspecified atom stereocenters. The van der Waals surface area contributed by atoms with Crippen LogP contribution in [0.3, 0.4) is 0 Å². The second-order valence-electron chi connectivity index (χ2n) is 7.35. The number of carbonyl (C=O) groups is 1. The fourth-order valence-electron chi connectivity index (χ4n) is 3.31. The summed E-state index contributed by atoms with van der Waals surface area (Å²) in [5, 5.41) is 2.49. The Morgan fingerprint density at radius 2 is 1.90 bits per heavy atom. The summed E-state index contributed by atoms with van der Waals surface area (Å²) in [6, 6.07) is 14.8. The van der Waals surface area contributed by atoms with Gasteiger partial charge >= 0.3 is 5.97 Å². The zero-order valence-electron chi connectivity index (χ0n) is 17.1. The molecule has 6 heteroatoms. The van der Waals surface area contributed by atoms with Gasteiger partial charge in [0.2, 0.25) is 0 Å². The molecule has 0 aliphatic heterocycles. The van der Waals surface area contributed by atoms with Crippen LogP contribution in [-0.2, 0) is 16.1 Å². The lowest BCUT2D eigenvalue weighted by molar-refractivity contribution is -0.148. The van der Waals surface area contributed by atoms with Gasteiger partial charge in [-0.25, -0.2) is 9.78 Å². The first-order valence-electron chi connectivity index (χ1n) is 9.72. The second kappa shape index (κ2) is 8.24. The first kappa shape index (κ1) is 20.0. The fraction of sp³-hybridized carbons (Fsp3) is 0.208. The third-order valence-corrected chi connectivity index (χ3v) is 6.21. The van der Waals surface area contributed by atoms with Crippen LogP contribution in [0.5, 0.6) is 0 Å². The Labute approximate surface area is 178 Å². The van der Waals surface area contributed by atoms with Crippen LogP contribution in [0.2, 0.25) is 0 Å². The molecule has 2 heterocycles. The number of thiophene rings is 1. The molecule has 5 nitrogen and oxygen atoms in total. The highest BCUT2D eigenvalue weighted by Gasteiger charge is 2.21. The van der Waals surface area contributed by atoms with Gasteiger partial charge in [-0.15, -0.1) is 11.3 Å². The average Bonchev–Trinajstić information content (AvgIpc) is 3.19. The summed E-state index contributed by atoms with van der Waals surface area (Å²) in [7, 11) is 0. The van der Waals surface area contributed by atoms with Gasteiger partial charge in [0.1, 0.15) is 17.5 Å². The summed E-state index contributed by atoms with van der Waals surface area (Å²) < 4.78 is 6.77. The molecule has 1 atom stereocenters. The van der Waals surface area contributed by atoms with Crippen molar-refractivity contribution >= 4 is 27.5 Å². The molecule has 0 aliphatic carbocycles.